The van der Waals surface area contributed by atoms with Crippen LogP contribution in [0.1, 0.15) is 5.82 Å². The first-order chi connectivity index (χ1) is 17.6. The van der Waals surface area contributed by atoms with Gasteiger partial charge in [0, 0.05) is 62.5 Å². The molecule has 8 nitrogen and oxygen atoms in total. The highest BCUT2D eigenvalue weighted by Gasteiger charge is 2.25. The van der Waals surface area contributed by atoms with Gasteiger partial charge in [0.05, 0.1) is 17.7 Å². The highest BCUT2D eigenvalue weighted by Crippen LogP contribution is 2.42. The van der Waals surface area contributed by atoms with Crippen molar-refractivity contribution < 1.29 is 13.5 Å². The number of anilines is 2. The molecule has 2 aromatic heterocycles. The van der Waals surface area contributed by atoms with Crippen LogP contribution in [0.15, 0.2) is 42.7 Å². The van der Waals surface area contributed by atoms with E-state index in [9.17, 15) is 4.39 Å². The van der Waals surface area contributed by atoms with Crippen molar-refractivity contribution in [1.29, 1.82) is 0 Å². The fraction of sp³-hybridized carbons (Fsp3) is 0.280. The molecule has 5 rings (SSSR count). The SMILES string of the molecule is COc1cccc(F)c1-c1c(Cl)cc2c(N3CCNCC3)nc(CCNc3ncccn3)nc2c1F. The van der Waals surface area contributed by atoms with E-state index >= 15 is 4.39 Å². The molecule has 0 saturated carbocycles. The van der Waals surface area contributed by atoms with Gasteiger partial charge in [0.1, 0.15) is 28.7 Å². The molecule has 0 bridgehead atoms. The van der Waals surface area contributed by atoms with E-state index in [1.165, 1.54) is 19.2 Å². The van der Waals surface area contributed by atoms with Crippen LogP contribution in [0.4, 0.5) is 20.5 Å². The van der Waals surface area contributed by atoms with Crippen molar-refractivity contribution in [1.82, 2.24) is 25.3 Å². The lowest BCUT2D eigenvalue weighted by molar-refractivity contribution is 0.413. The Labute approximate surface area is 211 Å². The van der Waals surface area contributed by atoms with Gasteiger partial charge in [0.25, 0.3) is 0 Å². The standard InChI is InChI=1S/C25H24ClF2N7O/c1-36-18-5-2-4-17(27)21(18)20-16(26)14-15-23(22(20)28)33-19(6-9-32-25-30-7-3-8-31-25)34-24(15)35-12-10-29-11-13-35/h2-5,7-8,14,29H,6,9-13H2,1H3,(H,30,31,32). The third kappa shape index (κ3) is 4.74. The van der Waals surface area contributed by atoms with Crippen LogP contribution >= 0.6 is 11.6 Å². The fourth-order valence-corrected chi connectivity index (χ4v) is 4.56. The van der Waals surface area contributed by atoms with Crippen molar-refractivity contribution in [2.45, 2.75) is 6.42 Å². The van der Waals surface area contributed by atoms with E-state index in [2.05, 4.69) is 30.5 Å². The first-order valence-electron chi connectivity index (χ1n) is 11.5. The smallest absolute Gasteiger partial charge is 0.222 e. The molecule has 0 unspecified atom stereocenters. The van der Waals surface area contributed by atoms with Crippen molar-refractivity contribution in [3.63, 3.8) is 0 Å². The molecule has 0 aliphatic carbocycles. The van der Waals surface area contributed by atoms with Crippen LogP contribution in [-0.4, -0.2) is 59.8 Å². The molecule has 1 aliphatic heterocycles. The lowest BCUT2D eigenvalue weighted by atomic mass is 10.0. The summed E-state index contributed by atoms with van der Waals surface area (Å²) in [6.07, 6.45) is 3.68. The summed E-state index contributed by atoms with van der Waals surface area (Å²) < 4.78 is 36.4. The van der Waals surface area contributed by atoms with Crippen molar-refractivity contribution in [3.8, 4) is 16.9 Å². The first kappa shape index (κ1) is 24.1. The van der Waals surface area contributed by atoms with Crippen LogP contribution in [0.2, 0.25) is 5.02 Å². The number of piperazine rings is 1. The summed E-state index contributed by atoms with van der Waals surface area (Å²) in [5.41, 5.74) is -0.0591. The number of rotatable bonds is 7. The van der Waals surface area contributed by atoms with Gasteiger partial charge in [-0.1, -0.05) is 17.7 Å². The third-order valence-electron chi connectivity index (χ3n) is 5.97. The minimum Gasteiger partial charge on any atom is -0.496 e. The Morgan fingerprint density at radius 3 is 2.61 bits per heavy atom. The number of methoxy groups -OCH3 is 1. The van der Waals surface area contributed by atoms with Crippen LogP contribution in [0.5, 0.6) is 5.75 Å². The Hall–Kier alpha value is -3.63. The van der Waals surface area contributed by atoms with Gasteiger partial charge >= 0.3 is 0 Å². The molecule has 4 aromatic rings. The molecule has 1 saturated heterocycles. The lowest BCUT2D eigenvalue weighted by Gasteiger charge is -2.29. The minimum absolute atomic E-state index is 0.0452. The van der Waals surface area contributed by atoms with E-state index in [4.69, 9.17) is 21.3 Å². The largest absolute Gasteiger partial charge is 0.496 e. The maximum atomic E-state index is 16.2. The van der Waals surface area contributed by atoms with Crippen LogP contribution in [-0.2, 0) is 6.42 Å². The number of fused-ring (bicyclic) bond motifs is 1. The zero-order chi connectivity index (χ0) is 25.1. The minimum atomic E-state index is -0.722. The van der Waals surface area contributed by atoms with Gasteiger partial charge in [-0.3, -0.25) is 0 Å². The highest BCUT2D eigenvalue weighted by atomic mass is 35.5. The molecular formula is C25H24ClF2N7O. The summed E-state index contributed by atoms with van der Waals surface area (Å²) in [5, 5.41) is 6.95. The molecule has 3 heterocycles. The van der Waals surface area contributed by atoms with Crippen molar-refractivity contribution in [3.05, 3.63) is 65.2 Å². The van der Waals surface area contributed by atoms with Crippen LogP contribution in [0.3, 0.4) is 0 Å². The van der Waals surface area contributed by atoms with E-state index in [1.54, 1.807) is 30.6 Å². The molecular weight excluding hydrogens is 488 g/mol. The second-order valence-electron chi connectivity index (χ2n) is 8.21. The zero-order valence-electron chi connectivity index (χ0n) is 19.6. The maximum Gasteiger partial charge on any atom is 0.222 e. The van der Waals surface area contributed by atoms with Crippen molar-refractivity contribution in [2.75, 3.05) is 50.1 Å². The van der Waals surface area contributed by atoms with Crippen LogP contribution in [0.25, 0.3) is 22.0 Å². The number of hydrogen-bond acceptors (Lipinski definition) is 8. The second-order valence-corrected chi connectivity index (χ2v) is 8.62. The Kier molecular flexibility index (Phi) is 7.06. The van der Waals surface area contributed by atoms with Crippen LogP contribution in [0, 0.1) is 11.6 Å². The van der Waals surface area contributed by atoms with E-state index in [1.807, 2.05) is 0 Å². The molecule has 0 amide bonds. The average Bonchev–Trinajstić information content (AvgIpc) is 2.90. The molecule has 2 N–H and O–H groups in total. The van der Waals surface area contributed by atoms with Gasteiger partial charge in [-0.25, -0.2) is 28.7 Å². The Bertz CT molecular complexity index is 1380. The third-order valence-corrected chi connectivity index (χ3v) is 6.27. The number of halogens is 3. The van der Waals surface area contributed by atoms with E-state index < -0.39 is 11.6 Å². The predicted octanol–water partition coefficient (Wildman–Crippen LogP) is 4.09. The quantitative estimate of drug-likeness (QED) is 0.383. The number of hydrogen-bond donors (Lipinski definition) is 2. The molecule has 36 heavy (non-hydrogen) atoms. The number of ether oxygens (including phenoxy) is 1. The first-order valence-corrected chi connectivity index (χ1v) is 11.9. The molecule has 1 fully saturated rings. The van der Waals surface area contributed by atoms with Gasteiger partial charge in [0.2, 0.25) is 5.95 Å². The van der Waals surface area contributed by atoms with Gasteiger partial charge in [-0.05, 0) is 24.3 Å². The zero-order valence-corrected chi connectivity index (χ0v) is 20.3. The second kappa shape index (κ2) is 10.5. The summed E-state index contributed by atoms with van der Waals surface area (Å²) in [4.78, 5) is 19.7. The Morgan fingerprint density at radius 1 is 1.08 bits per heavy atom. The molecule has 0 atom stereocenters. The summed E-state index contributed by atoms with van der Waals surface area (Å²) in [6.45, 7) is 3.39. The average molecular weight is 512 g/mol. The number of nitrogens with zero attached hydrogens (tertiary/aromatic N) is 5. The van der Waals surface area contributed by atoms with Gasteiger partial charge in [-0.2, -0.15) is 0 Å². The Balaban J connectivity index is 1.62. The number of nitrogens with one attached hydrogen (secondary N) is 2. The monoisotopic (exact) mass is 511 g/mol. The molecule has 0 spiro atoms. The topological polar surface area (TPSA) is 88.1 Å². The number of aromatic nitrogens is 4. The molecule has 0 radical (unpaired) electrons. The summed E-state index contributed by atoms with van der Waals surface area (Å²) >= 11 is 6.57. The summed E-state index contributed by atoms with van der Waals surface area (Å²) in [7, 11) is 1.40. The van der Waals surface area contributed by atoms with E-state index in [0.717, 1.165) is 13.1 Å². The summed E-state index contributed by atoms with van der Waals surface area (Å²) in [6, 6.07) is 7.64. The molecule has 1 aliphatic rings. The van der Waals surface area contributed by atoms with Crippen LogP contribution < -0.4 is 20.3 Å². The van der Waals surface area contributed by atoms with Crippen molar-refractivity contribution in [2.24, 2.45) is 0 Å². The predicted molar refractivity (Wildman–Crippen MR) is 136 cm³/mol. The van der Waals surface area contributed by atoms with E-state index in [0.29, 0.717) is 49.0 Å². The van der Waals surface area contributed by atoms with Gasteiger partial charge < -0.3 is 20.3 Å². The molecule has 186 valence electrons. The lowest BCUT2D eigenvalue weighted by Crippen LogP contribution is -2.44. The Morgan fingerprint density at radius 2 is 1.86 bits per heavy atom. The highest BCUT2D eigenvalue weighted by molar-refractivity contribution is 6.34. The summed E-state index contributed by atoms with van der Waals surface area (Å²) in [5.74, 6) is 0.331. The van der Waals surface area contributed by atoms with E-state index in [-0.39, 0.29) is 27.4 Å². The maximum absolute atomic E-state index is 16.2. The number of benzene rings is 2. The molecule has 11 heteroatoms. The normalized spacial score (nSPS) is 13.7. The van der Waals surface area contributed by atoms with Gasteiger partial charge in [-0.15, -0.1) is 0 Å². The molecule has 2 aromatic carbocycles. The fourth-order valence-electron chi connectivity index (χ4n) is 4.28. The van der Waals surface area contributed by atoms with Gasteiger partial charge in [0.15, 0.2) is 5.82 Å². The van der Waals surface area contributed by atoms with Crippen molar-refractivity contribution >= 4 is 34.3 Å².